The summed E-state index contributed by atoms with van der Waals surface area (Å²) in [6.45, 7) is 0. The Morgan fingerprint density at radius 2 is 1.54 bits per heavy atom. The van der Waals surface area contributed by atoms with Gasteiger partial charge in [0.2, 0.25) is 0 Å². The molecule has 0 aromatic heterocycles. The van der Waals surface area contributed by atoms with E-state index in [2.05, 4.69) is 5.32 Å². The molecule has 0 aliphatic heterocycles. The van der Waals surface area contributed by atoms with Crippen LogP contribution >= 0.6 is 11.6 Å². The van der Waals surface area contributed by atoms with E-state index < -0.39 is 17.5 Å². The Balaban J connectivity index is 1.94. The second kappa shape index (κ2) is 7.45. The fraction of sp³-hybridized carbons (Fsp3) is 0. The molecular formula is C20H12ClF2NO2. The molecule has 6 heteroatoms. The maximum atomic E-state index is 13.3. The minimum Gasteiger partial charge on any atom is -0.321 e. The molecule has 130 valence electrons. The van der Waals surface area contributed by atoms with E-state index in [0.29, 0.717) is 10.6 Å². The lowest BCUT2D eigenvalue weighted by Crippen LogP contribution is -2.15. The number of amides is 1. The van der Waals surface area contributed by atoms with Crippen LogP contribution in [0, 0.1) is 11.6 Å². The molecule has 1 amide bonds. The van der Waals surface area contributed by atoms with Crippen LogP contribution in [0.15, 0.2) is 66.7 Å². The molecule has 1 N–H and O–H groups in total. The number of nitrogens with one attached hydrogen (secondary N) is 1. The SMILES string of the molecule is O=C(Nc1ccc(Cl)cc1C(=O)c1ccccc1)c1ccc(F)c(F)c1. The molecule has 26 heavy (non-hydrogen) atoms. The molecule has 0 aliphatic carbocycles. The van der Waals surface area contributed by atoms with Crippen LogP contribution in [-0.4, -0.2) is 11.7 Å². The molecule has 0 saturated carbocycles. The van der Waals surface area contributed by atoms with Gasteiger partial charge in [-0.1, -0.05) is 41.9 Å². The topological polar surface area (TPSA) is 46.2 Å². The number of hydrogen-bond donors (Lipinski definition) is 1. The highest BCUT2D eigenvalue weighted by molar-refractivity contribution is 6.31. The van der Waals surface area contributed by atoms with Gasteiger partial charge >= 0.3 is 0 Å². The summed E-state index contributed by atoms with van der Waals surface area (Å²) < 4.78 is 26.4. The number of ketones is 1. The Bertz CT molecular complexity index is 990. The first kappa shape index (κ1) is 17.8. The van der Waals surface area contributed by atoms with Crippen LogP contribution in [0.5, 0.6) is 0 Å². The van der Waals surface area contributed by atoms with Crippen molar-refractivity contribution < 1.29 is 18.4 Å². The number of hydrogen-bond acceptors (Lipinski definition) is 2. The van der Waals surface area contributed by atoms with Crippen LogP contribution < -0.4 is 5.32 Å². The first-order chi connectivity index (χ1) is 12.5. The van der Waals surface area contributed by atoms with Gasteiger partial charge in [-0.25, -0.2) is 8.78 Å². The summed E-state index contributed by atoms with van der Waals surface area (Å²) in [5.74, 6) is -3.18. The van der Waals surface area contributed by atoms with E-state index in [4.69, 9.17) is 11.6 Å². The normalized spacial score (nSPS) is 10.4. The van der Waals surface area contributed by atoms with E-state index in [-0.39, 0.29) is 22.6 Å². The average Bonchev–Trinajstić information content (AvgIpc) is 2.65. The second-order valence-electron chi connectivity index (χ2n) is 5.47. The molecule has 3 rings (SSSR count). The minimum atomic E-state index is -1.13. The molecule has 0 unspecified atom stereocenters. The van der Waals surface area contributed by atoms with E-state index in [9.17, 15) is 18.4 Å². The predicted octanol–water partition coefficient (Wildman–Crippen LogP) is 5.10. The van der Waals surface area contributed by atoms with Crippen molar-refractivity contribution in [3.05, 3.63) is 100 Å². The first-order valence-electron chi connectivity index (χ1n) is 7.61. The molecule has 3 aromatic carbocycles. The Morgan fingerprint density at radius 3 is 2.23 bits per heavy atom. The predicted molar refractivity (Wildman–Crippen MR) is 95.6 cm³/mol. The molecule has 0 atom stereocenters. The Morgan fingerprint density at radius 1 is 0.808 bits per heavy atom. The molecule has 0 spiro atoms. The third kappa shape index (κ3) is 3.78. The molecule has 0 fully saturated rings. The lowest BCUT2D eigenvalue weighted by molar-refractivity contribution is 0.102. The van der Waals surface area contributed by atoms with Gasteiger partial charge in [0.25, 0.3) is 5.91 Å². The van der Waals surface area contributed by atoms with E-state index >= 15 is 0 Å². The largest absolute Gasteiger partial charge is 0.321 e. The second-order valence-corrected chi connectivity index (χ2v) is 5.90. The van der Waals surface area contributed by atoms with Gasteiger partial charge in [-0.2, -0.15) is 0 Å². The van der Waals surface area contributed by atoms with Gasteiger partial charge in [-0.15, -0.1) is 0 Å². The molecule has 0 saturated heterocycles. The maximum Gasteiger partial charge on any atom is 0.255 e. The highest BCUT2D eigenvalue weighted by atomic mass is 35.5. The first-order valence-corrected chi connectivity index (χ1v) is 7.99. The summed E-state index contributed by atoms with van der Waals surface area (Å²) in [6.07, 6.45) is 0. The molecule has 0 aliphatic rings. The summed E-state index contributed by atoms with van der Waals surface area (Å²) >= 11 is 5.98. The lowest BCUT2D eigenvalue weighted by Gasteiger charge is -2.11. The summed E-state index contributed by atoms with van der Waals surface area (Å²) in [5.41, 5.74) is 0.771. The van der Waals surface area contributed by atoms with Crippen LogP contribution in [0.1, 0.15) is 26.3 Å². The zero-order valence-electron chi connectivity index (χ0n) is 13.3. The summed E-state index contributed by atoms with van der Waals surface area (Å²) in [5, 5.41) is 2.87. The van der Waals surface area contributed by atoms with Gasteiger partial charge in [0.15, 0.2) is 17.4 Å². The van der Waals surface area contributed by atoms with Crippen LogP contribution in [0.25, 0.3) is 0 Å². The van der Waals surface area contributed by atoms with Crippen molar-refractivity contribution >= 4 is 29.0 Å². The smallest absolute Gasteiger partial charge is 0.255 e. The van der Waals surface area contributed by atoms with Crippen molar-refractivity contribution in [1.29, 1.82) is 0 Å². The number of benzene rings is 3. The van der Waals surface area contributed by atoms with Gasteiger partial charge in [0.05, 0.1) is 5.69 Å². The van der Waals surface area contributed by atoms with Gasteiger partial charge in [-0.05, 0) is 36.4 Å². The third-order valence-corrected chi connectivity index (χ3v) is 3.93. The van der Waals surface area contributed by atoms with Crippen molar-refractivity contribution in [1.82, 2.24) is 0 Å². The molecular weight excluding hydrogens is 360 g/mol. The molecule has 0 radical (unpaired) electrons. The fourth-order valence-corrected chi connectivity index (χ4v) is 2.56. The zero-order chi connectivity index (χ0) is 18.7. The zero-order valence-corrected chi connectivity index (χ0v) is 14.1. The van der Waals surface area contributed by atoms with Gasteiger partial charge < -0.3 is 5.32 Å². The highest BCUT2D eigenvalue weighted by Gasteiger charge is 2.17. The minimum absolute atomic E-state index is 0.0723. The van der Waals surface area contributed by atoms with Crippen LogP contribution in [0.3, 0.4) is 0 Å². The van der Waals surface area contributed by atoms with Crippen LogP contribution in [0.2, 0.25) is 5.02 Å². The standard InChI is InChI=1S/C20H12ClF2NO2/c21-14-7-9-18(15(11-14)19(25)12-4-2-1-3-5-12)24-20(26)13-6-8-16(22)17(23)10-13/h1-11H,(H,24,26). The monoisotopic (exact) mass is 371 g/mol. The molecule has 3 aromatic rings. The van der Waals surface area contributed by atoms with E-state index in [1.165, 1.54) is 18.2 Å². The third-order valence-electron chi connectivity index (χ3n) is 3.69. The number of anilines is 1. The number of carbonyl (C=O) groups excluding carboxylic acids is 2. The Hall–Kier alpha value is -3.05. The molecule has 0 heterocycles. The van der Waals surface area contributed by atoms with Crippen molar-refractivity contribution in [3.8, 4) is 0 Å². The summed E-state index contributed by atoms with van der Waals surface area (Å²) in [6, 6.07) is 15.8. The summed E-state index contributed by atoms with van der Waals surface area (Å²) in [7, 11) is 0. The maximum absolute atomic E-state index is 13.3. The van der Waals surface area contributed by atoms with Crippen molar-refractivity contribution in [2.24, 2.45) is 0 Å². The van der Waals surface area contributed by atoms with E-state index in [1.54, 1.807) is 30.3 Å². The van der Waals surface area contributed by atoms with Crippen LogP contribution in [0.4, 0.5) is 14.5 Å². The van der Waals surface area contributed by atoms with Crippen molar-refractivity contribution in [3.63, 3.8) is 0 Å². The van der Waals surface area contributed by atoms with Gasteiger partial charge in [0, 0.05) is 21.7 Å². The van der Waals surface area contributed by atoms with E-state index in [1.807, 2.05) is 0 Å². The molecule has 3 nitrogen and oxygen atoms in total. The van der Waals surface area contributed by atoms with Gasteiger partial charge in [0.1, 0.15) is 0 Å². The highest BCUT2D eigenvalue weighted by Crippen LogP contribution is 2.24. The van der Waals surface area contributed by atoms with Crippen LogP contribution in [-0.2, 0) is 0 Å². The van der Waals surface area contributed by atoms with Gasteiger partial charge in [-0.3, -0.25) is 9.59 Å². The van der Waals surface area contributed by atoms with Crippen molar-refractivity contribution in [2.45, 2.75) is 0 Å². The lowest BCUT2D eigenvalue weighted by atomic mass is 10.0. The quantitative estimate of drug-likeness (QED) is 0.648. The average molecular weight is 372 g/mol. The Labute approximate surface area is 153 Å². The number of rotatable bonds is 4. The number of carbonyl (C=O) groups is 2. The number of halogens is 3. The van der Waals surface area contributed by atoms with Crippen molar-refractivity contribution in [2.75, 3.05) is 5.32 Å². The summed E-state index contributed by atoms with van der Waals surface area (Å²) in [4.78, 5) is 25.0. The molecule has 0 bridgehead atoms. The van der Waals surface area contributed by atoms with E-state index in [0.717, 1.165) is 18.2 Å². The fourth-order valence-electron chi connectivity index (χ4n) is 2.39. The Kier molecular flexibility index (Phi) is 5.09.